The molecule has 178 valence electrons. The molecule has 2 heterocycles. The van der Waals surface area contributed by atoms with Gasteiger partial charge in [-0.2, -0.15) is 0 Å². The topological polar surface area (TPSA) is 76.9 Å². The lowest BCUT2D eigenvalue weighted by Gasteiger charge is -2.19. The SMILES string of the molecule is Cc1ccc(-n2c(SC(C(=O)Nc3ccc(F)cc3)c3ccccc3)nc3ccccc3c2=O)nc1. The number of fused-ring (bicyclic) bond motifs is 1. The molecule has 5 rings (SSSR count). The lowest BCUT2D eigenvalue weighted by atomic mass is 10.1. The maximum atomic E-state index is 13.6. The van der Waals surface area contributed by atoms with Crippen LogP contribution in [0.1, 0.15) is 16.4 Å². The molecule has 1 atom stereocenters. The number of halogens is 1. The Hall–Kier alpha value is -4.30. The van der Waals surface area contributed by atoms with Crippen LogP contribution in [-0.4, -0.2) is 20.4 Å². The Balaban J connectivity index is 1.62. The Bertz CT molecular complexity index is 1590. The predicted molar refractivity (Wildman–Crippen MR) is 140 cm³/mol. The van der Waals surface area contributed by atoms with Gasteiger partial charge in [-0.1, -0.05) is 60.3 Å². The smallest absolute Gasteiger partial charge is 0.267 e. The number of pyridine rings is 1. The maximum Gasteiger partial charge on any atom is 0.267 e. The van der Waals surface area contributed by atoms with Crippen molar-refractivity contribution in [3.8, 4) is 5.82 Å². The first-order valence-corrected chi connectivity index (χ1v) is 12.1. The molecule has 3 aromatic carbocycles. The standard InChI is InChI=1S/C28H21FN4O2S/c1-18-11-16-24(30-17-18)33-27(35)22-9-5-6-10-23(22)32-28(33)36-25(19-7-3-2-4-8-19)26(34)31-21-14-12-20(29)13-15-21/h2-17,25H,1H3,(H,31,34). The molecule has 0 saturated carbocycles. The van der Waals surface area contributed by atoms with Gasteiger partial charge in [0.1, 0.15) is 16.9 Å². The fraction of sp³-hybridized carbons (Fsp3) is 0.0714. The molecule has 1 unspecified atom stereocenters. The highest BCUT2D eigenvalue weighted by Gasteiger charge is 2.26. The molecule has 6 nitrogen and oxygen atoms in total. The van der Waals surface area contributed by atoms with E-state index in [0.29, 0.717) is 27.6 Å². The molecule has 0 spiro atoms. The van der Waals surface area contributed by atoms with Gasteiger partial charge < -0.3 is 5.32 Å². The summed E-state index contributed by atoms with van der Waals surface area (Å²) in [5.74, 6) is -0.308. The van der Waals surface area contributed by atoms with E-state index < -0.39 is 11.1 Å². The average Bonchev–Trinajstić information content (AvgIpc) is 2.90. The number of aryl methyl sites for hydroxylation is 1. The third kappa shape index (κ3) is 4.89. The molecule has 0 aliphatic carbocycles. The summed E-state index contributed by atoms with van der Waals surface area (Å²) in [5.41, 5.74) is 2.40. The largest absolute Gasteiger partial charge is 0.325 e. The Morgan fingerprint density at radius 3 is 2.39 bits per heavy atom. The molecule has 8 heteroatoms. The van der Waals surface area contributed by atoms with Crippen molar-refractivity contribution in [1.29, 1.82) is 0 Å². The van der Waals surface area contributed by atoms with Gasteiger partial charge in [-0.15, -0.1) is 0 Å². The lowest BCUT2D eigenvalue weighted by molar-refractivity contribution is -0.115. The van der Waals surface area contributed by atoms with Crippen LogP contribution in [0.3, 0.4) is 0 Å². The van der Waals surface area contributed by atoms with Gasteiger partial charge in [-0.05, 0) is 60.5 Å². The van der Waals surface area contributed by atoms with Gasteiger partial charge in [0.15, 0.2) is 5.16 Å². The van der Waals surface area contributed by atoms with Crippen LogP contribution in [0, 0.1) is 12.7 Å². The zero-order valence-electron chi connectivity index (χ0n) is 19.3. The number of nitrogens with one attached hydrogen (secondary N) is 1. The number of hydrogen-bond acceptors (Lipinski definition) is 5. The van der Waals surface area contributed by atoms with Crippen molar-refractivity contribution in [2.75, 3.05) is 5.32 Å². The fourth-order valence-electron chi connectivity index (χ4n) is 3.73. The Morgan fingerprint density at radius 1 is 0.944 bits per heavy atom. The van der Waals surface area contributed by atoms with E-state index in [1.54, 1.807) is 30.5 Å². The van der Waals surface area contributed by atoms with Crippen LogP contribution in [0.15, 0.2) is 107 Å². The summed E-state index contributed by atoms with van der Waals surface area (Å²) in [6, 6.07) is 25.5. The van der Waals surface area contributed by atoms with Crippen LogP contribution in [-0.2, 0) is 4.79 Å². The summed E-state index contributed by atoms with van der Waals surface area (Å²) < 4.78 is 14.8. The van der Waals surface area contributed by atoms with Crippen molar-refractivity contribution in [1.82, 2.24) is 14.5 Å². The monoisotopic (exact) mass is 496 g/mol. The summed E-state index contributed by atoms with van der Waals surface area (Å²) in [5, 5.41) is 2.89. The number of anilines is 1. The van der Waals surface area contributed by atoms with Crippen LogP contribution in [0.25, 0.3) is 16.7 Å². The number of aromatic nitrogens is 3. The number of hydrogen-bond donors (Lipinski definition) is 1. The number of carbonyl (C=O) groups is 1. The van der Waals surface area contributed by atoms with E-state index in [-0.39, 0.29) is 11.5 Å². The first-order chi connectivity index (χ1) is 17.5. The molecule has 1 N–H and O–H groups in total. The molecule has 0 saturated heterocycles. The van der Waals surface area contributed by atoms with Crippen LogP contribution in [0.2, 0.25) is 0 Å². The van der Waals surface area contributed by atoms with E-state index in [9.17, 15) is 14.0 Å². The predicted octanol–water partition coefficient (Wildman–Crippen LogP) is 5.70. The second-order valence-electron chi connectivity index (χ2n) is 8.15. The maximum absolute atomic E-state index is 13.6. The quantitative estimate of drug-likeness (QED) is 0.241. The summed E-state index contributed by atoms with van der Waals surface area (Å²) >= 11 is 1.15. The lowest BCUT2D eigenvalue weighted by Crippen LogP contribution is -2.25. The number of amides is 1. The number of nitrogens with zero attached hydrogens (tertiary/aromatic N) is 3. The molecule has 36 heavy (non-hydrogen) atoms. The summed E-state index contributed by atoms with van der Waals surface area (Å²) in [6.45, 7) is 1.92. The normalized spacial score (nSPS) is 11.8. The van der Waals surface area contributed by atoms with Gasteiger partial charge in [0.05, 0.1) is 10.9 Å². The minimum absolute atomic E-state index is 0.273. The zero-order valence-corrected chi connectivity index (χ0v) is 20.1. The first kappa shape index (κ1) is 23.4. The van der Waals surface area contributed by atoms with Crippen LogP contribution < -0.4 is 10.9 Å². The number of para-hydroxylation sites is 1. The van der Waals surface area contributed by atoms with E-state index in [1.807, 2.05) is 49.4 Å². The zero-order chi connectivity index (χ0) is 25.1. The van der Waals surface area contributed by atoms with Crippen molar-refractivity contribution in [2.45, 2.75) is 17.3 Å². The number of benzene rings is 3. The first-order valence-electron chi connectivity index (χ1n) is 11.2. The molecule has 0 fully saturated rings. The van der Waals surface area contributed by atoms with Crippen molar-refractivity contribution in [3.63, 3.8) is 0 Å². The summed E-state index contributed by atoms with van der Waals surface area (Å²) in [4.78, 5) is 36.3. The van der Waals surface area contributed by atoms with Crippen molar-refractivity contribution < 1.29 is 9.18 Å². The number of rotatable bonds is 6. The molecule has 1 amide bonds. The third-order valence-corrected chi connectivity index (χ3v) is 6.75. The van der Waals surface area contributed by atoms with Gasteiger partial charge in [-0.3, -0.25) is 9.59 Å². The minimum atomic E-state index is -0.749. The molecule has 0 aliphatic rings. The van der Waals surface area contributed by atoms with Gasteiger partial charge in [0.25, 0.3) is 5.56 Å². The van der Waals surface area contributed by atoms with Gasteiger partial charge in [0, 0.05) is 11.9 Å². The summed E-state index contributed by atoms with van der Waals surface area (Å²) in [7, 11) is 0. The Morgan fingerprint density at radius 2 is 1.67 bits per heavy atom. The van der Waals surface area contributed by atoms with E-state index >= 15 is 0 Å². The minimum Gasteiger partial charge on any atom is -0.325 e. The molecule has 0 bridgehead atoms. The number of carbonyl (C=O) groups excluding carboxylic acids is 1. The molecule has 5 aromatic rings. The summed E-state index contributed by atoms with van der Waals surface area (Å²) in [6.07, 6.45) is 1.68. The highest BCUT2D eigenvalue weighted by Crippen LogP contribution is 2.36. The van der Waals surface area contributed by atoms with Crippen molar-refractivity contribution in [2.24, 2.45) is 0 Å². The third-order valence-electron chi connectivity index (χ3n) is 5.55. The average molecular weight is 497 g/mol. The van der Waals surface area contributed by atoms with Gasteiger partial charge in [0.2, 0.25) is 5.91 Å². The van der Waals surface area contributed by atoms with E-state index in [2.05, 4.69) is 10.3 Å². The van der Waals surface area contributed by atoms with E-state index in [4.69, 9.17) is 4.98 Å². The van der Waals surface area contributed by atoms with E-state index in [0.717, 1.165) is 22.9 Å². The highest BCUT2D eigenvalue weighted by molar-refractivity contribution is 8.00. The molecular weight excluding hydrogens is 475 g/mol. The molecule has 2 aromatic heterocycles. The Kier molecular flexibility index (Phi) is 6.60. The van der Waals surface area contributed by atoms with Crippen LogP contribution in [0.4, 0.5) is 10.1 Å². The van der Waals surface area contributed by atoms with Gasteiger partial charge >= 0.3 is 0 Å². The highest BCUT2D eigenvalue weighted by atomic mass is 32.2. The number of thioether (sulfide) groups is 1. The van der Waals surface area contributed by atoms with Crippen molar-refractivity contribution >= 4 is 34.3 Å². The van der Waals surface area contributed by atoms with Crippen molar-refractivity contribution in [3.05, 3.63) is 124 Å². The molecule has 0 aliphatic heterocycles. The fourth-order valence-corrected chi connectivity index (χ4v) is 4.84. The second kappa shape index (κ2) is 10.1. The Labute approximate surface area is 210 Å². The molecule has 0 radical (unpaired) electrons. The molecular formula is C28H21FN4O2S. The van der Waals surface area contributed by atoms with E-state index in [1.165, 1.54) is 28.8 Å². The van der Waals surface area contributed by atoms with Crippen LogP contribution in [0.5, 0.6) is 0 Å². The van der Waals surface area contributed by atoms with Gasteiger partial charge in [-0.25, -0.2) is 18.9 Å². The van der Waals surface area contributed by atoms with Crippen LogP contribution >= 0.6 is 11.8 Å². The second-order valence-corrected chi connectivity index (χ2v) is 9.22.